The second-order valence-electron chi connectivity index (χ2n) is 5.51. The monoisotopic (exact) mass is 288 g/mol. The predicted octanol–water partition coefficient (Wildman–Crippen LogP) is 3.02. The third-order valence-electron chi connectivity index (χ3n) is 4.13. The van der Waals surface area contributed by atoms with Gasteiger partial charge >= 0.3 is 0 Å². The minimum Gasteiger partial charge on any atom is -0.349 e. The van der Waals surface area contributed by atoms with Gasteiger partial charge < -0.3 is 10.6 Å². The minimum absolute atomic E-state index is 0.0560. The second kappa shape index (κ2) is 5.94. The molecule has 2 heterocycles. The number of hydrogen-bond acceptors (Lipinski definition) is 3. The molecule has 2 unspecified atom stereocenters. The lowest BCUT2D eigenvalue weighted by molar-refractivity contribution is 0.0924. The zero-order valence-corrected chi connectivity index (χ0v) is 12.5. The lowest BCUT2D eigenvalue weighted by Crippen LogP contribution is -2.44. The first kappa shape index (κ1) is 13.6. The van der Waals surface area contributed by atoms with Gasteiger partial charge in [0.2, 0.25) is 0 Å². The molecule has 0 aliphatic carbocycles. The molecule has 20 heavy (non-hydrogen) atoms. The van der Waals surface area contributed by atoms with Crippen LogP contribution in [-0.2, 0) is 0 Å². The molecule has 2 N–H and O–H groups in total. The van der Waals surface area contributed by atoms with Crippen LogP contribution in [0.1, 0.15) is 30.1 Å². The molecule has 3 nitrogen and oxygen atoms in total. The highest BCUT2D eigenvalue weighted by atomic mass is 32.1. The van der Waals surface area contributed by atoms with Gasteiger partial charge in [-0.3, -0.25) is 4.79 Å². The number of nitrogens with one attached hydrogen (secondary N) is 2. The highest BCUT2D eigenvalue weighted by molar-refractivity contribution is 7.17. The topological polar surface area (TPSA) is 41.1 Å². The van der Waals surface area contributed by atoms with Crippen LogP contribution in [0.15, 0.2) is 29.6 Å². The molecule has 1 amide bonds. The Bertz CT molecular complexity index is 601. The molecule has 1 fully saturated rings. The van der Waals surface area contributed by atoms with Crippen molar-refractivity contribution in [3.05, 3.63) is 35.2 Å². The standard InChI is InChI=1S/C16H20N2OS/c1-11(12-5-4-8-17-9-12)18-16(19)14-10-20-15-7-3-2-6-13(14)15/h2-3,6-7,10-12,17H,4-5,8-9H2,1H3,(H,18,19). The van der Waals surface area contributed by atoms with E-state index >= 15 is 0 Å². The Balaban J connectivity index is 1.72. The Morgan fingerprint density at radius 2 is 2.30 bits per heavy atom. The van der Waals surface area contributed by atoms with Crippen molar-refractivity contribution in [1.29, 1.82) is 0 Å². The van der Waals surface area contributed by atoms with E-state index in [1.54, 1.807) is 11.3 Å². The number of amides is 1. The SMILES string of the molecule is CC(NC(=O)c1csc2ccccc12)C1CCCNC1. The molecule has 0 spiro atoms. The Labute approximate surface area is 123 Å². The lowest BCUT2D eigenvalue weighted by Gasteiger charge is -2.28. The van der Waals surface area contributed by atoms with Gasteiger partial charge in [-0.15, -0.1) is 11.3 Å². The van der Waals surface area contributed by atoms with Gasteiger partial charge in [-0.2, -0.15) is 0 Å². The van der Waals surface area contributed by atoms with Crippen LogP contribution < -0.4 is 10.6 Å². The summed E-state index contributed by atoms with van der Waals surface area (Å²) in [6.07, 6.45) is 2.39. The molecule has 1 aliphatic heterocycles. The normalized spacial score (nSPS) is 20.8. The van der Waals surface area contributed by atoms with Crippen molar-refractivity contribution in [2.75, 3.05) is 13.1 Å². The summed E-state index contributed by atoms with van der Waals surface area (Å²) in [4.78, 5) is 12.4. The smallest absolute Gasteiger partial charge is 0.252 e. The van der Waals surface area contributed by atoms with Crippen LogP contribution in [0.25, 0.3) is 10.1 Å². The fourth-order valence-electron chi connectivity index (χ4n) is 2.86. The van der Waals surface area contributed by atoms with Gasteiger partial charge in [0.15, 0.2) is 0 Å². The summed E-state index contributed by atoms with van der Waals surface area (Å²) in [7, 11) is 0. The molecule has 2 aromatic rings. The molecule has 0 radical (unpaired) electrons. The van der Waals surface area contributed by atoms with Crippen LogP contribution in [0.4, 0.5) is 0 Å². The lowest BCUT2D eigenvalue weighted by atomic mass is 9.92. The summed E-state index contributed by atoms with van der Waals surface area (Å²) in [5, 5.41) is 9.60. The summed E-state index contributed by atoms with van der Waals surface area (Å²) in [6.45, 7) is 4.22. The van der Waals surface area contributed by atoms with E-state index in [1.807, 2.05) is 23.6 Å². The van der Waals surface area contributed by atoms with Gasteiger partial charge in [0.05, 0.1) is 5.56 Å². The maximum absolute atomic E-state index is 12.4. The quantitative estimate of drug-likeness (QED) is 0.911. The van der Waals surface area contributed by atoms with Gasteiger partial charge in [-0.1, -0.05) is 18.2 Å². The molecular weight excluding hydrogens is 268 g/mol. The number of carbonyl (C=O) groups is 1. The van der Waals surface area contributed by atoms with Crippen molar-refractivity contribution < 1.29 is 4.79 Å². The Kier molecular flexibility index (Phi) is 4.03. The highest BCUT2D eigenvalue weighted by Crippen LogP contribution is 2.26. The molecule has 0 bridgehead atoms. The van der Waals surface area contributed by atoms with Crippen LogP contribution in [0.3, 0.4) is 0 Å². The Morgan fingerprint density at radius 1 is 1.45 bits per heavy atom. The zero-order valence-electron chi connectivity index (χ0n) is 11.7. The molecule has 1 aliphatic rings. The molecule has 1 aromatic heterocycles. The number of rotatable bonds is 3. The fraction of sp³-hybridized carbons (Fsp3) is 0.438. The Hall–Kier alpha value is -1.39. The molecule has 106 valence electrons. The first-order chi connectivity index (χ1) is 9.75. The summed E-state index contributed by atoms with van der Waals surface area (Å²) in [5.41, 5.74) is 0.807. The molecule has 0 saturated carbocycles. The summed E-state index contributed by atoms with van der Waals surface area (Å²) >= 11 is 1.63. The maximum atomic E-state index is 12.4. The number of benzene rings is 1. The van der Waals surface area contributed by atoms with E-state index in [1.165, 1.54) is 17.5 Å². The molecular formula is C16H20N2OS. The van der Waals surface area contributed by atoms with Gasteiger partial charge in [0.25, 0.3) is 5.91 Å². The molecule has 1 aromatic carbocycles. The van der Waals surface area contributed by atoms with Crippen molar-refractivity contribution in [1.82, 2.24) is 10.6 Å². The molecule has 2 atom stereocenters. The van der Waals surface area contributed by atoms with Crippen LogP contribution in [-0.4, -0.2) is 25.0 Å². The summed E-state index contributed by atoms with van der Waals surface area (Å²) < 4.78 is 1.17. The minimum atomic E-state index is 0.0560. The first-order valence-electron chi connectivity index (χ1n) is 7.23. The van der Waals surface area contributed by atoms with Gasteiger partial charge in [-0.25, -0.2) is 0 Å². The van der Waals surface area contributed by atoms with Gasteiger partial charge in [0, 0.05) is 21.5 Å². The molecule has 4 heteroatoms. The number of carbonyl (C=O) groups excluding carboxylic acids is 1. The van der Waals surface area contributed by atoms with E-state index < -0.39 is 0 Å². The third-order valence-corrected chi connectivity index (χ3v) is 5.09. The van der Waals surface area contributed by atoms with Gasteiger partial charge in [0.1, 0.15) is 0 Å². The number of hydrogen-bond donors (Lipinski definition) is 2. The van der Waals surface area contributed by atoms with Crippen molar-refractivity contribution >= 4 is 27.3 Å². The first-order valence-corrected chi connectivity index (χ1v) is 8.11. The van der Waals surface area contributed by atoms with E-state index in [9.17, 15) is 4.79 Å². The van der Waals surface area contributed by atoms with Crippen LogP contribution in [0, 0.1) is 5.92 Å². The van der Waals surface area contributed by atoms with E-state index in [4.69, 9.17) is 0 Å². The van der Waals surface area contributed by atoms with E-state index in [-0.39, 0.29) is 11.9 Å². The van der Waals surface area contributed by atoms with E-state index in [0.717, 1.165) is 24.0 Å². The molecule has 1 saturated heterocycles. The van der Waals surface area contributed by atoms with Crippen molar-refractivity contribution in [3.63, 3.8) is 0 Å². The maximum Gasteiger partial charge on any atom is 0.252 e. The van der Waals surface area contributed by atoms with E-state index in [2.05, 4.69) is 23.6 Å². The summed E-state index contributed by atoms with van der Waals surface area (Å²) in [5.74, 6) is 0.595. The average molecular weight is 288 g/mol. The highest BCUT2D eigenvalue weighted by Gasteiger charge is 2.22. The Morgan fingerprint density at radius 3 is 3.10 bits per heavy atom. The average Bonchev–Trinajstić information content (AvgIpc) is 2.92. The summed E-state index contributed by atoms with van der Waals surface area (Å²) in [6, 6.07) is 8.30. The third kappa shape index (κ3) is 2.72. The number of piperidine rings is 1. The fourth-order valence-corrected chi connectivity index (χ4v) is 3.80. The van der Waals surface area contributed by atoms with Crippen molar-refractivity contribution in [3.8, 4) is 0 Å². The van der Waals surface area contributed by atoms with E-state index in [0.29, 0.717) is 5.92 Å². The van der Waals surface area contributed by atoms with Crippen molar-refractivity contribution in [2.24, 2.45) is 5.92 Å². The second-order valence-corrected chi connectivity index (χ2v) is 6.43. The molecule has 3 rings (SSSR count). The number of fused-ring (bicyclic) bond motifs is 1. The zero-order chi connectivity index (χ0) is 13.9. The predicted molar refractivity (Wildman–Crippen MR) is 84.3 cm³/mol. The van der Waals surface area contributed by atoms with Gasteiger partial charge in [-0.05, 0) is 44.8 Å². The van der Waals surface area contributed by atoms with Crippen LogP contribution in [0.5, 0.6) is 0 Å². The largest absolute Gasteiger partial charge is 0.349 e. The van der Waals surface area contributed by atoms with Crippen LogP contribution >= 0.6 is 11.3 Å². The van der Waals surface area contributed by atoms with Crippen LogP contribution in [0.2, 0.25) is 0 Å². The van der Waals surface area contributed by atoms with Crippen molar-refractivity contribution in [2.45, 2.75) is 25.8 Å². The number of thiophene rings is 1.